The SMILES string of the molecule is CC(C)CN(C)c1nc2c(s1)CCC2C(=O)O. The number of hydrogen-bond acceptors (Lipinski definition) is 4. The molecule has 1 aliphatic rings. The van der Waals surface area contributed by atoms with Crippen molar-refractivity contribution < 1.29 is 9.90 Å². The molecule has 0 spiro atoms. The molecule has 2 rings (SSSR count). The minimum absolute atomic E-state index is 0.387. The number of fused-ring (bicyclic) bond motifs is 1. The van der Waals surface area contributed by atoms with Gasteiger partial charge < -0.3 is 10.0 Å². The molecule has 1 N–H and O–H groups in total. The zero-order valence-electron chi connectivity index (χ0n) is 10.4. The molecule has 0 aromatic carbocycles. The van der Waals surface area contributed by atoms with Crippen molar-refractivity contribution in [3.05, 3.63) is 10.6 Å². The topological polar surface area (TPSA) is 53.4 Å². The zero-order valence-corrected chi connectivity index (χ0v) is 11.3. The third-order valence-corrected chi connectivity index (χ3v) is 4.22. The van der Waals surface area contributed by atoms with Gasteiger partial charge in [0.1, 0.15) is 5.92 Å². The summed E-state index contributed by atoms with van der Waals surface area (Å²) in [6.45, 7) is 5.28. The van der Waals surface area contributed by atoms with Crippen molar-refractivity contribution in [3.8, 4) is 0 Å². The summed E-state index contributed by atoms with van der Waals surface area (Å²) < 4.78 is 0. The Labute approximate surface area is 105 Å². The first-order chi connectivity index (χ1) is 7.99. The molecule has 1 aromatic rings. The van der Waals surface area contributed by atoms with Crippen molar-refractivity contribution >= 4 is 22.4 Å². The summed E-state index contributed by atoms with van der Waals surface area (Å²) in [5, 5.41) is 10.1. The molecule has 0 radical (unpaired) electrons. The van der Waals surface area contributed by atoms with E-state index < -0.39 is 5.97 Å². The number of aliphatic carboxylic acids is 1. The summed E-state index contributed by atoms with van der Waals surface area (Å²) in [4.78, 5) is 18.9. The number of anilines is 1. The van der Waals surface area contributed by atoms with E-state index in [0.717, 1.165) is 28.7 Å². The Morgan fingerprint density at radius 2 is 2.35 bits per heavy atom. The second kappa shape index (κ2) is 4.64. The first-order valence-corrected chi connectivity index (χ1v) is 6.74. The van der Waals surface area contributed by atoms with Gasteiger partial charge in [0, 0.05) is 18.5 Å². The second-order valence-corrected chi connectivity index (χ2v) is 6.07. The smallest absolute Gasteiger partial charge is 0.312 e. The van der Waals surface area contributed by atoms with Gasteiger partial charge in [-0.1, -0.05) is 13.8 Å². The first-order valence-electron chi connectivity index (χ1n) is 5.92. The summed E-state index contributed by atoms with van der Waals surface area (Å²) in [6.07, 6.45) is 1.57. The molecule has 94 valence electrons. The van der Waals surface area contributed by atoms with Crippen molar-refractivity contribution in [1.29, 1.82) is 0 Å². The fourth-order valence-electron chi connectivity index (χ4n) is 2.24. The summed E-state index contributed by atoms with van der Waals surface area (Å²) in [5.41, 5.74) is 0.799. The first kappa shape index (κ1) is 12.4. The molecule has 1 unspecified atom stereocenters. The molecular formula is C12H18N2O2S. The Morgan fingerprint density at radius 3 is 2.94 bits per heavy atom. The van der Waals surface area contributed by atoms with E-state index in [1.54, 1.807) is 11.3 Å². The monoisotopic (exact) mass is 254 g/mol. The second-order valence-electron chi connectivity index (χ2n) is 5.01. The highest BCUT2D eigenvalue weighted by atomic mass is 32.1. The molecule has 0 aliphatic heterocycles. The fraction of sp³-hybridized carbons (Fsp3) is 0.667. The summed E-state index contributed by atoms with van der Waals surface area (Å²) >= 11 is 1.64. The standard InChI is InChI=1S/C12H18N2O2S/c1-7(2)6-14(3)12-13-10-8(11(15)16)4-5-9(10)17-12/h7-8H,4-6H2,1-3H3,(H,15,16). The molecule has 0 amide bonds. The summed E-state index contributed by atoms with van der Waals surface area (Å²) in [5.74, 6) is -0.552. The Bertz CT molecular complexity index is 428. The van der Waals surface area contributed by atoms with Gasteiger partial charge >= 0.3 is 5.97 Å². The highest BCUT2D eigenvalue weighted by Crippen LogP contribution is 2.39. The van der Waals surface area contributed by atoms with Crippen LogP contribution in [0.4, 0.5) is 5.13 Å². The van der Waals surface area contributed by atoms with Gasteiger partial charge in [-0.2, -0.15) is 0 Å². The van der Waals surface area contributed by atoms with Crippen LogP contribution in [0.3, 0.4) is 0 Å². The van der Waals surface area contributed by atoms with E-state index >= 15 is 0 Å². The summed E-state index contributed by atoms with van der Waals surface area (Å²) in [6, 6.07) is 0. The average molecular weight is 254 g/mol. The summed E-state index contributed by atoms with van der Waals surface area (Å²) in [7, 11) is 2.02. The van der Waals surface area contributed by atoms with Crippen LogP contribution in [0.5, 0.6) is 0 Å². The number of nitrogens with zero attached hydrogens (tertiary/aromatic N) is 2. The maximum Gasteiger partial charge on any atom is 0.312 e. The molecule has 1 aliphatic carbocycles. The van der Waals surface area contributed by atoms with Crippen LogP contribution in [-0.2, 0) is 11.2 Å². The number of carbonyl (C=O) groups is 1. The number of hydrogen-bond donors (Lipinski definition) is 1. The van der Waals surface area contributed by atoms with Crippen molar-refractivity contribution in [2.75, 3.05) is 18.5 Å². The van der Waals surface area contributed by atoms with Gasteiger partial charge in [-0.15, -0.1) is 11.3 Å². The lowest BCUT2D eigenvalue weighted by molar-refractivity contribution is -0.138. The van der Waals surface area contributed by atoms with E-state index in [4.69, 9.17) is 5.11 Å². The third kappa shape index (κ3) is 2.44. The van der Waals surface area contributed by atoms with E-state index in [9.17, 15) is 4.79 Å². The van der Waals surface area contributed by atoms with Gasteiger partial charge in [-0.3, -0.25) is 4.79 Å². The highest BCUT2D eigenvalue weighted by Gasteiger charge is 2.32. The van der Waals surface area contributed by atoms with Gasteiger partial charge in [0.25, 0.3) is 0 Å². The Kier molecular flexibility index (Phi) is 3.38. The van der Waals surface area contributed by atoms with Crippen LogP contribution in [0.2, 0.25) is 0 Å². The molecule has 0 saturated carbocycles. The molecule has 17 heavy (non-hydrogen) atoms. The predicted octanol–water partition coefficient (Wildman–Crippen LogP) is 2.35. The number of thiazole rings is 1. The molecule has 5 heteroatoms. The predicted molar refractivity (Wildman–Crippen MR) is 68.9 cm³/mol. The fourth-order valence-corrected chi connectivity index (χ4v) is 3.35. The minimum atomic E-state index is -0.743. The lowest BCUT2D eigenvalue weighted by atomic mass is 10.1. The molecule has 0 bridgehead atoms. The van der Waals surface area contributed by atoms with Gasteiger partial charge in [0.2, 0.25) is 0 Å². The van der Waals surface area contributed by atoms with E-state index in [1.165, 1.54) is 0 Å². The lowest BCUT2D eigenvalue weighted by Gasteiger charge is -2.18. The van der Waals surface area contributed by atoms with Crippen molar-refractivity contribution in [1.82, 2.24) is 4.98 Å². The van der Waals surface area contributed by atoms with Crippen molar-refractivity contribution in [2.24, 2.45) is 5.92 Å². The number of rotatable bonds is 4. The molecular weight excluding hydrogens is 236 g/mol. The van der Waals surface area contributed by atoms with Crippen LogP contribution in [0, 0.1) is 5.92 Å². The largest absolute Gasteiger partial charge is 0.481 e. The molecule has 1 aromatic heterocycles. The normalized spacial score (nSPS) is 18.5. The molecule has 0 fully saturated rings. The van der Waals surface area contributed by atoms with E-state index in [0.29, 0.717) is 12.3 Å². The van der Waals surface area contributed by atoms with Crippen molar-refractivity contribution in [2.45, 2.75) is 32.6 Å². The number of aromatic nitrogens is 1. The number of carboxylic acids is 1. The molecule has 1 heterocycles. The lowest BCUT2D eigenvalue weighted by Crippen LogP contribution is -2.22. The maximum absolute atomic E-state index is 11.1. The third-order valence-electron chi connectivity index (χ3n) is 2.97. The molecule has 0 saturated heterocycles. The molecule has 4 nitrogen and oxygen atoms in total. The van der Waals surface area contributed by atoms with Crippen LogP contribution in [0.25, 0.3) is 0 Å². The maximum atomic E-state index is 11.1. The number of aryl methyl sites for hydroxylation is 1. The van der Waals surface area contributed by atoms with E-state index in [2.05, 4.69) is 23.7 Å². The van der Waals surface area contributed by atoms with Gasteiger partial charge in [-0.25, -0.2) is 4.98 Å². The average Bonchev–Trinajstić information content (AvgIpc) is 2.72. The quantitative estimate of drug-likeness (QED) is 0.896. The Balaban J connectivity index is 2.18. The van der Waals surface area contributed by atoms with E-state index in [-0.39, 0.29) is 5.92 Å². The Morgan fingerprint density at radius 1 is 1.65 bits per heavy atom. The van der Waals surface area contributed by atoms with Gasteiger partial charge in [-0.05, 0) is 18.8 Å². The van der Waals surface area contributed by atoms with Crippen molar-refractivity contribution in [3.63, 3.8) is 0 Å². The van der Waals surface area contributed by atoms with E-state index in [1.807, 2.05) is 7.05 Å². The number of carboxylic acid groups (broad SMARTS) is 1. The van der Waals surface area contributed by atoms with Crippen LogP contribution < -0.4 is 4.90 Å². The highest BCUT2D eigenvalue weighted by molar-refractivity contribution is 7.15. The van der Waals surface area contributed by atoms with Gasteiger partial charge in [0.05, 0.1) is 5.69 Å². The Hall–Kier alpha value is -1.10. The minimum Gasteiger partial charge on any atom is -0.481 e. The van der Waals surface area contributed by atoms with Crippen LogP contribution in [-0.4, -0.2) is 29.7 Å². The van der Waals surface area contributed by atoms with Gasteiger partial charge in [0.15, 0.2) is 5.13 Å². The van der Waals surface area contributed by atoms with Crippen LogP contribution in [0.1, 0.15) is 36.8 Å². The molecule has 1 atom stereocenters. The van der Waals surface area contributed by atoms with Crippen LogP contribution in [0.15, 0.2) is 0 Å². The van der Waals surface area contributed by atoms with Crippen LogP contribution >= 0.6 is 11.3 Å². The zero-order chi connectivity index (χ0) is 12.6.